The molecular weight excluding hydrogens is 254 g/mol. The molecule has 1 aliphatic rings. The summed E-state index contributed by atoms with van der Waals surface area (Å²) in [5.41, 5.74) is 1.22. The Morgan fingerprint density at radius 1 is 1.55 bits per heavy atom. The summed E-state index contributed by atoms with van der Waals surface area (Å²) in [5, 5.41) is 3.07. The number of aryl methyl sites for hydroxylation is 1. The molecule has 0 aliphatic heterocycles. The van der Waals surface area contributed by atoms with Crippen LogP contribution in [0.4, 0.5) is 4.79 Å². The van der Waals surface area contributed by atoms with E-state index >= 15 is 0 Å². The van der Waals surface area contributed by atoms with Crippen LogP contribution < -0.4 is 5.32 Å². The van der Waals surface area contributed by atoms with Gasteiger partial charge in [0.05, 0.1) is 6.04 Å². The van der Waals surface area contributed by atoms with E-state index in [0.717, 1.165) is 29.9 Å². The number of amides is 1. The fourth-order valence-corrected chi connectivity index (χ4v) is 2.92. The molecule has 0 bridgehead atoms. The van der Waals surface area contributed by atoms with Gasteiger partial charge in [-0.15, -0.1) is 0 Å². The zero-order valence-electron chi connectivity index (χ0n) is 12.0. The summed E-state index contributed by atoms with van der Waals surface area (Å²) >= 11 is 0. The minimum absolute atomic E-state index is 0.0129. The third kappa shape index (κ3) is 2.35. The van der Waals surface area contributed by atoms with Crippen LogP contribution in [0.1, 0.15) is 43.4 Å². The van der Waals surface area contributed by atoms with Gasteiger partial charge in [0.1, 0.15) is 17.8 Å². The van der Waals surface area contributed by atoms with E-state index in [-0.39, 0.29) is 17.5 Å². The lowest BCUT2D eigenvalue weighted by atomic mass is 9.75. The lowest BCUT2D eigenvalue weighted by molar-refractivity contribution is 0.215. The smallest absolute Gasteiger partial charge is 0.327 e. The Hall–Kier alpha value is -2.04. The Bertz CT molecular complexity index is 626. The van der Waals surface area contributed by atoms with Gasteiger partial charge < -0.3 is 9.73 Å². The molecule has 5 nitrogen and oxygen atoms in total. The first kappa shape index (κ1) is 13.0. The highest BCUT2D eigenvalue weighted by Gasteiger charge is 2.35. The predicted octanol–water partition coefficient (Wildman–Crippen LogP) is 3.06. The van der Waals surface area contributed by atoms with Crippen molar-refractivity contribution in [2.45, 2.75) is 39.7 Å². The van der Waals surface area contributed by atoms with E-state index in [1.54, 1.807) is 12.4 Å². The highest BCUT2D eigenvalue weighted by Crippen LogP contribution is 2.41. The van der Waals surface area contributed by atoms with E-state index in [1.165, 1.54) is 10.9 Å². The molecule has 0 saturated carbocycles. The maximum Gasteiger partial charge on any atom is 0.327 e. The molecule has 1 N–H and O–H groups in total. The molecule has 1 amide bonds. The van der Waals surface area contributed by atoms with E-state index in [9.17, 15) is 4.79 Å². The van der Waals surface area contributed by atoms with Crippen molar-refractivity contribution in [2.24, 2.45) is 5.41 Å². The molecule has 0 spiro atoms. The number of aromatic nitrogens is 2. The Morgan fingerprint density at radius 3 is 3.05 bits per heavy atom. The van der Waals surface area contributed by atoms with Gasteiger partial charge in [-0.2, -0.15) is 0 Å². The summed E-state index contributed by atoms with van der Waals surface area (Å²) in [7, 11) is 0. The third-order valence-corrected chi connectivity index (χ3v) is 3.77. The topological polar surface area (TPSA) is 60.1 Å². The Balaban J connectivity index is 1.87. The van der Waals surface area contributed by atoms with Gasteiger partial charge in [-0.25, -0.2) is 9.78 Å². The molecule has 2 aromatic heterocycles. The number of nitrogens with zero attached hydrogens (tertiary/aromatic N) is 2. The zero-order chi connectivity index (χ0) is 14.3. The number of rotatable bonds is 1. The Morgan fingerprint density at radius 2 is 2.35 bits per heavy atom. The second-order valence-electron chi connectivity index (χ2n) is 6.25. The summed E-state index contributed by atoms with van der Waals surface area (Å²) in [6.45, 7) is 6.34. The number of fused-ring (bicyclic) bond motifs is 1. The highest BCUT2D eigenvalue weighted by molar-refractivity contribution is 5.77. The number of hydrogen-bond acceptors (Lipinski definition) is 3. The minimum Gasteiger partial charge on any atom is -0.466 e. The van der Waals surface area contributed by atoms with Crippen molar-refractivity contribution in [1.82, 2.24) is 14.9 Å². The summed E-state index contributed by atoms with van der Waals surface area (Å²) in [4.78, 5) is 16.1. The molecule has 0 fully saturated rings. The fourth-order valence-electron chi connectivity index (χ4n) is 2.92. The first-order valence-electron chi connectivity index (χ1n) is 6.83. The van der Waals surface area contributed by atoms with Crippen molar-refractivity contribution < 1.29 is 9.21 Å². The zero-order valence-corrected chi connectivity index (χ0v) is 12.0. The van der Waals surface area contributed by atoms with Crippen molar-refractivity contribution in [1.29, 1.82) is 0 Å². The Kier molecular flexibility index (Phi) is 2.92. The second-order valence-corrected chi connectivity index (χ2v) is 6.25. The van der Waals surface area contributed by atoms with Crippen LogP contribution in [-0.2, 0) is 6.42 Å². The predicted molar refractivity (Wildman–Crippen MR) is 74.4 cm³/mol. The normalized spacial score (nSPS) is 20.4. The molecule has 1 unspecified atom stereocenters. The van der Waals surface area contributed by atoms with Gasteiger partial charge in [-0.3, -0.25) is 4.57 Å². The average molecular weight is 273 g/mol. The number of carbonyl (C=O) groups is 1. The van der Waals surface area contributed by atoms with Crippen LogP contribution in [0, 0.1) is 12.3 Å². The molecule has 0 radical (unpaired) electrons. The van der Waals surface area contributed by atoms with Crippen LogP contribution in [0.3, 0.4) is 0 Å². The fraction of sp³-hybridized carbons (Fsp3) is 0.467. The van der Waals surface area contributed by atoms with Crippen LogP contribution >= 0.6 is 0 Å². The van der Waals surface area contributed by atoms with E-state index in [4.69, 9.17) is 4.42 Å². The van der Waals surface area contributed by atoms with E-state index < -0.39 is 0 Å². The maximum atomic E-state index is 12.2. The summed E-state index contributed by atoms with van der Waals surface area (Å²) in [5.74, 6) is 1.89. The van der Waals surface area contributed by atoms with Crippen molar-refractivity contribution in [3.63, 3.8) is 0 Å². The first-order chi connectivity index (χ1) is 9.44. The molecule has 5 heteroatoms. The summed E-state index contributed by atoms with van der Waals surface area (Å²) < 4.78 is 7.23. The van der Waals surface area contributed by atoms with Crippen LogP contribution in [-0.4, -0.2) is 15.6 Å². The van der Waals surface area contributed by atoms with E-state index in [2.05, 4.69) is 24.1 Å². The molecule has 106 valence electrons. The number of hydrogen-bond donors (Lipinski definition) is 1. The van der Waals surface area contributed by atoms with Gasteiger partial charge in [0.25, 0.3) is 0 Å². The van der Waals surface area contributed by atoms with Crippen LogP contribution in [0.25, 0.3) is 0 Å². The molecule has 0 aromatic carbocycles. The molecule has 20 heavy (non-hydrogen) atoms. The van der Waals surface area contributed by atoms with Crippen LogP contribution in [0.15, 0.2) is 29.2 Å². The van der Waals surface area contributed by atoms with Gasteiger partial charge >= 0.3 is 6.03 Å². The molecule has 2 heterocycles. The molecule has 0 saturated heterocycles. The molecule has 1 atom stereocenters. The van der Waals surface area contributed by atoms with Crippen molar-refractivity contribution in [2.75, 3.05) is 0 Å². The van der Waals surface area contributed by atoms with Gasteiger partial charge in [0.15, 0.2) is 0 Å². The third-order valence-electron chi connectivity index (χ3n) is 3.77. The van der Waals surface area contributed by atoms with E-state index in [1.807, 2.05) is 13.0 Å². The molecule has 2 aromatic rings. The van der Waals surface area contributed by atoms with Gasteiger partial charge in [0.2, 0.25) is 0 Å². The summed E-state index contributed by atoms with van der Waals surface area (Å²) in [6.07, 6.45) is 6.56. The number of carbonyl (C=O) groups excluding carboxylic acids is 1. The SMILES string of the molecule is Cc1cc2c(o1)CC(C)(C)CC2NC(=O)n1ccnc1. The minimum atomic E-state index is -0.157. The number of nitrogens with one attached hydrogen (secondary N) is 1. The molecule has 1 aliphatic carbocycles. The lowest BCUT2D eigenvalue weighted by Crippen LogP contribution is -2.37. The molecule has 3 rings (SSSR count). The van der Waals surface area contributed by atoms with Gasteiger partial charge in [-0.05, 0) is 24.8 Å². The molecular formula is C15H19N3O2. The standard InChI is InChI=1S/C15H19N3O2/c1-10-6-11-12(7-15(2,3)8-13(11)20-10)17-14(19)18-5-4-16-9-18/h4-6,9,12H,7-8H2,1-3H3,(H,17,19). The van der Waals surface area contributed by atoms with Crippen molar-refractivity contribution in [3.05, 3.63) is 41.9 Å². The van der Waals surface area contributed by atoms with E-state index in [0.29, 0.717) is 0 Å². The van der Waals surface area contributed by atoms with Gasteiger partial charge in [0, 0.05) is 24.4 Å². The van der Waals surface area contributed by atoms with Gasteiger partial charge in [-0.1, -0.05) is 13.8 Å². The van der Waals surface area contributed by atoms with Crippen molar-refractivity contribution >= 4 is 6.03 Å². The number of furan rings is 1. The maximum absolute atomic E-state index is 12.2. The lowest BCUT2D eigenvalue weighted by Gasteiger charge is -2.34. The second kappa shape index (κ2) is 4.51. The van der Waals surface area contributed by atoms with Crippen molar-refractivity contribution in [3.8, 4) is 0 Å². The first-order valence-corrected chi connectivity index (χ1v) is 6.83. The highest BCUT2D eigenvalue weighted by atomic mass is 16.3. The average Bonchev–Trinajstić information content (AvgIpc) is 2.95. The quantitative estimate of drug-likeness (QED) is 0.868. The Labute approximate surface area is 118 Å². The van der Waals surface area contributed by atoms with Crippen LogP contribution in [0.5, 0.6) is 0 Å². The van der Waals surface area contributed by atoms with Crippen LogP contribution in [0.2, 0.25) is 0 Å². The monoisotopic (exact) mass is 273 g/mol. The largest absolute Gasteiger partial charge is 0.466 e. The number of imidazole rings is 1. The summed E-state index contributed by atoms with van der Waals surface area (Å²) in [6, 6.07) is 1.86.